The number of rotatable bonds is 6. The van der Waals surface area contributed by atoms with Crippen LogP contribution in [0.15, 0.2) is 46.6 Å². The largest absolute Gasteiger partial charge is 0.369 e. The van der Waals surface area contributed by atoms with E-state index in [-0.39, 0.29) is 24.7 Å². The third-order valence-corrected chi connectivity index (χ3v) is 4.85. The van der Waals surface area contributed by atoms with Gasteiger partial charge in [0.15, 0.2) is 0 Å². The summed E-state index contributed by atoms with van der Waals surface area (Å²) in [6.45, 7) is 2.18. The molecule has 0 unspecified atom stereocenters. The lowest BCUT2D eigenvalue weighted by atomic mass is 10.3. The molecular formula is C16H16N8O2S. The highest BCUT2D eigenvalue weighted by Gasteiger charge is 2.18. The number of aromatic nitrogens is 7. The van der Waals surface area contributed by atoms with Gasteiger partial charge in [0, 0.05) is 6.54 Å². The summed E-state index contributed by atoms with van der Waals surface area (Å²) in [7, 11) is 0. The van der Waals surface area contributed by atoms with Crippen molar-refractivity contribution in [2.24, 2.45) is 0 Å². The van der Waals surface area contributed by atoms with Gasteiger partial charge in [0.1, 0.15) is 22.1 Å². The first-order valence-corrected chi connectivity index (χ1v) is 9.17. The third kappa shape index (κ3) is 3.36. The maximum Gasteiger partial charge on any atom is 0.369 e. The molecular weight excluding hydrogens is 368 g/mol. The molecule has 0 bridgehead atoms. The zero-order valence-corrected chi connectivity index (χ0v) is 15.2. The van der Waals surface area contributed by atoms with E-state index in [4.69, 9.17) is 0 Å². The molecule has 0 fully saturated rings. The molecule has 4 rings (SSSR count). The minimum atomic E-state index is -0.573. The van der Waals surface area contributed by atoms with Crippen LogP contribution < -0.4 is 11.0 Å². The monoisotopic (exact) mass is 384 g/mol. The van der Waals surface area contributed by atoms with Crippen LogP contribution in [0.2, 0.25) is 0 Å². The Morgan fingerprint density at radius 1 is 1.15 bits per heavy atom. The number of amides is 1. The van der Waals surface area contributed by atoms with Crippen LogP contribution in [-0.2, 0) is 11.3 Å². The number of fused-ring (bicyclic) bond motifs is 1. The average molecular weight is 384 g/mol. The highest BCUT2D eigenvalue weighted by atomic mass is 32.1. The molecule has 4 aromatic rings. The third-order valence-electron chi connectivity index (χ3n) is 4.01. The Balaban J connectivity index is 1.37. The van der Waals surface area contributed by atoms with Crippen molar-refractivity contribution in [1.29, 1.82) is 0 Å². The average Bonchev–Trinajstić information content (AvgIpc) is 3.40. The first kappa shape index (κ1) is 17.1. The Labute approximate surface area is 157 Å². The molecule has 0 aliphatic rings. The lowest BCUT2D eigenvalue weighted by molar-refractivity contribution is -0.124. The predicted molar refractivity (Wildman–Crippen MR) is 98.7 cm³/mol. The van der Waals surface area contributed by atoms with Crippen LogP contribution in [0, 0.1) is 0 Å². The van der Waals surface area contributed by atoms with E-state index < -0.39 is 6.04 Å². The number of carbonyl (C=O) groups is 1. The van der Waals surface area contributed by atoms with Gasteiger partial charge in [-0.2, -0.15) is 24.4 Å². The Hall–Kier alpha value is -3.34. The van der Waals surface area contributed by atoms with Gasteiger partial charge in [0.25, 0.3) is 0 Å². The van der Waals surface area contributed by atoms with Gasteiger partial charge in [0.05, 0.1) is 6.54 Å². The molecule has 10 nitrogen and oxygen atoms in total. The Morgan fingerprint density at radius 2 is 1.89 bits per heavy atom. The number of benzene rings is 1. The summed E-state index contributed by atoms with van der Waals surface area (Å²) in [6, 6.07) is 10.5. The van der Waals surface area contributed by atoms with E-state index in [1.807, 2.05) is 35.7 Å². The minimum absolute atomic E-state index is 0.219. The zero-order valence-electron chi connectivity index (χ0n) is 14.4. The molecule has 138 valence electrons. The van der Waals surface area contributed by atoms with Gasteiger partial charge in [-0.25, -0.2) is 4.79 Å². The molecule has 1 atom stereocenters. The molecule has 27 heavy (non-hydrogen) atoms. The highest BCUT2D eigenvalue weighted by Crippen LogP contribution is 2.11. The summed E-state index contributed by atoms with van der Waals surface area (Å²) < 4.78 is 2.44. The van der Waals surface area contributed by atoms with Crippen molar-refractivity contribution in [3.63, 3.8) is 0 Å². The van der Waals surface area contributed by atoms with E-state index in [2.05, 4.69) is 25.9 Å². The molecule has 3 aromatic heterocycles. The second-order valence-electron chi connectivity index (χ2n) is 5.82. The molecule has 3 heterocycles. The zero-order chi connectivity index (χ0) is 18.8. The number of hydrogen-bond donors (Lipinski definition) is 1. The predicted octanol–water partition coefficient (Wildman–Crippen LogP) is 0.613. The second kappa shape index (κ2) is 7.11. The second-order valence-corrected chi connectivity index (χ2v) is 6.75. The Bertz CT molecular complexity index is 1090. The molecule has 0 saturated carbocycles. The van der Waals surface area contributed by atoms with E-state index in [1.54, 1.807) is 13.0 Å². The Kier molecular flexibility index (Phi) is 4.50. The van der Waals surface area contributed by atoms with Crippen LogP contribution in [0.1, 0.15) is 13.0 Å². The number of nitrogens with zero attached hydrogens (tertiary/aromatic N) is 7. The van der Waals surface area contributed by atoms with Crippen molar-refractivity contribution in [3.8, 4) is 5.00 Å². The van der Waals surface area contributed by atoms with Crippen LogP contribution >= 0.6 is 11.3 Å². The van der Waals surface area contributed by atoms with Crippen LogP contribution in [-0.4, -0.2) is 47.2 Å². The van der Waals surface area contributed by atoms with Crippen molar-refractivity contribution in [3.05, 3.63) is 52.3 Å². The minimum Gasteiger partial charge on any atom is -0.352 e. The fraction of sp³-hybridized carbons (Fsp3) is 0.250. The molecule has 1 amide bonds. The maximum atomic E-state index is 12.3. The van der Waals surface area contributed by atoms with Crippen molar-refractivity contribution in [2.45, 2.75) is 19.5 Å². The van der Waals surface area contributed by atoms with Crippen LogP contribution in [0.25, 0.3) is 16.0 Å². The summed E-state index contributed by atoms with van der Waals surface area (Å²) in [4.78, 5) is 26.0. The first-order valence-electron chi connectivity index (χ1n) is 8.29. The van der Waals surface area contributed by atoms with Crippen molar-refractivity contribution in [1.82, 2.24) is 40.1 Å². The molecule has 1 aromatic carbocycles. The Morgan fingerprint density at radius 3 is 2.56 bits per heavy atom. The normalized spacial score (nSPS) is 12.3. The van der Waals surface area contributed by atoms with E-state index in [0.29, 0.717) is 5.00 Å². The van der Waals surface area contributed by atoms with Gasteiger partial charge in [-0.3, -0.25) is 4.79 Å². The van der Waals surface area contributed by atoms with Gasteiger partial charge in [-0.15, -0.1) is 11.3 Å². The van der Waals surface area contributed by atoms with Crippen molar-refractivity contribution in [2.75, 3.05) is 6.54 Å². The fourth-order valence-corrected chi connectivity index (χ4v) is 3.20. The standard InChI is InChI=1S/C16H16N8O2S/c1-11(24-18-12-5-2-3-6-13(12)19-24)15(25)17-8-9-22-16(26)23(21-20-22)14-7-4-10-27-14/h2-7,10-11H,8-9H2,1H3,(H,17,25)/t11-/m0/s1. The SMILES string of the molecule is C[C@@H](C(=O)NCCn1nnn(-c2cccs2)c1=O)n1nc2ccccc2n1. The number of hydrogen-bond acceptors (Lipinski definition) is 7. The molecule has 11 heteroatoms. The summed E-state index contributed by atoms with van der Waals surface area (Å²) in [5.74, 6) is -0.242. The summed E-state index contributed by atoms with van der Waals surface area (Å²) >= 11 is 1.40. The molecule has 0 saturated heterocycles. The van der Waals surface area contributed by atoms with Crippen LogP contribution in [0.4, 0.5) is 0 Å². The smallest absolute Gasteiger partial charge is 0.352 e. The van der Waals surface area contributed by atoms with E-state index in [0.717, 1.165) is 11.0 Å². The fourth-order valence-electron chi connectivity index (χ4n) is 2.53. The number of carbonyl (C=O) groups excluding carboxylic acids is 1. The van der Waals surface area contributed by atoms with Gasteiger partial charge < -0.3 is 5.32 Å². The summed E-state index contributed by atoms with van der Waals surface area (Å²) in [5.41, 5.74) is 1.11. The van der Waals surface area contributed by atoms with Gasteiger partial charge in [-0.05, 0) is 47.0 Å². The van der Waals surface area contributed by atoms with Crippen molar-refractivity contribution < 1.29 is 4.79 Å². The number of nitrogens with one attached hydrogen (secondary N) is 1. The molecule has 0 aliphatic carbocycles. The lowest BCUT2D eigenvalue weighted by Crippen LogP contribution is -2.36. The molecule has 0 spiro atoms. The molecule has 0 aliphatic heterocycles. The van der Waals surface area contributed by atoms with E-state index >= 15 is 0 Å². The van der Waals surface area contributed by atoms with Crippen LogP contribution in [0.5, 0.6) is 0 Å². The highest BCUT2D eigenvalue weighted by molar-refractivity contribution is 7.12. The van der Waals surface area contributed by atoms with Gasteiger partial charge in [0.2, 0.25) is 5.91 Å². The number of tetrazole rings is 1. The van der Waals surface area contributed by atoms with Crippen molar-refractivity contribution >= 4 is 28.3 Å². The first-order chi connectivity index (χ1) is 13.1. The maximum absolute atomic E-state index is 12.3. The molecule has 0 radical (unpaired) electrons. The quantitative estimate of drug-likeness (QED) is 0.521. The van der Waals surface area contributed by atoms with Gasteiger partial charge in [-0.1, -0.05) is 12.1 Å². The number of thiophene rings is 1. The lowest BCUT2D eigenvalue weighted by Gasteiger charge is -2.10. The summed E-state index contributed by atoms with van der Waals surface area (Å²) in [6.07, 6.45) is 0. The van der Waals surface area contributed by atoms with Gasteiger partial charge >= 0.3 is 5.69 Å². The van der Waals surface area contributed by atoms with E-state index in [1.165, 1.54) is 25.5 Å². The summed E-state index contributed by atoms with van der Waals surface area (Å²) in [5, 5.41) is 21.6. The van der Waals surface area contributed by atoms with E-state index in [9.17, 15) is 9.59 Å². The molecule has 1 N–H and O–H groups in total. The topological polar surface area (TPSA) is 113 Å². The van der Waals surface area contributed by atoms with Crippen LogP contribution in [0.3, 0.4) is 0 Å².